The van der Waals surface area contributed by atoms with E-state index in [0.717, 1.165) is 16.5 Å². The second kappa shape index (κ2) is 5.39. The Balaban J connectivity index is 2.22. The summed E-state index contributed by atoms with van der Waals surface area (Å²) in [6.07, 6.45) is 0. The highest BCUT2D eigenvalue weighted by Crippen LogP contribution is 2.21. The van der Waals surface area contributed by atoms with E-state index in [1.165, 1.54) is 18.3 Å². The number of aromatic carboxylic acids is 1. The van der Waals surface area contributed by atoms with E-state index in [2.05, 4.69) is 4.72 Å². The van der Waals surface area contributed by atoms with E-state index in [4.69, 9.17) is 9.52 Å². The highest BCUT2D eigenvalue weighted by atomic mass is 32.2. The first-order valence-electron chi connectivity index (χ1n) is 5.67. The lowest BCUT2D eigenvalue weighted by Crippen LogP contribution is -2.23. The Morgan fingerprint density at radius 3 is 2.65 bits per heavy atom. The van der Waals surface area contributed by atoms with Crippen molar-refractivity contribution in [2.75, 3.05) is 0 Å². The minimum Gasteiger partial charge on any atom is -0.475 e. The van der Waals surface area contributed by atoms with Crippen LogP contribution in [0.15, 0.2) is 26.8 Å². The van der Waals surface area contributed by atoms with Gasteiger partial charge in [0.2, 0.25) is 15.8 Å². The third-order valence-electron chi connectivity index (χ3n) is 2.76. The minimum absolute atomic E-state index is 0.0535. The minimum atomic E-state index is -3.80. The number of carbonyl (C=O) groups is 1. The van der Waals surface area contributed by atoms with Gasteiger partial charge in [0.1, 0.15) is 10.7 Å². The lowest BCUT2D eigenvalue weighted by Gasteiger charge is -2.04. The Labute approximate surface area is 120 Å². The van der Waals surface area contributed by atoms with Crippen LogP contribution in [0.1, 0.15) is 26.8 Å². The van der Waals surface area contributed by atoms with Crippen LogP contribution in [0.25, 0.3) is 0 Å². The van der Waals surface area contributed by atoms with Crippen molar-refractivity contribution in [1.82, 2.24) is 4.72 Å². The van der Waals surface area contributed by atoms with Gasteiger partial charge in [0.15, 0.2) is 0 Å². The number of aryl methyl sites for hydroxylation is 2. The molecule has 0 radical (unpaired) electrons. The van der Waals surface area contributed by atoms with Gasteiger partial charge in [-0.25, -0.2) is 17.9 Å². The highest BCUT2D eigenvalue weighted by molar-refractivity contribution is 7.89. The maximum atomic E-state index is 12.1. The Hall–Kier alpha value is -1.64. The third kappa shape index (κ3) is 2.92. The van der Waals surface area contributed by atoms with Gasteiger partial charge in [-0.05, 0) is 30.9 Å². The predicted octanol–water partition coefficient (Wildman–Crippen LogP) is 2.13. The number of rotatable bonds is 5. The van der Waals surface area contributed by atoms with Crippen molar-refractivity contribution in [1.29, 1.82) is 0 Å². The Bertz CT molecular complexity index is 742. The molecule has 0 aliphatic rings. The van der Waals surface area contributed by atoms with E-state index in [1.807, 2.05) is 18.4 Å². The average Bonchev–Trinajstić information content (AvgIpc) is 2.93. The molecule has 2 N–H and O–H groups in total. The summed E-state index contributed by atoms with van der Waals surface area (Å²) in [4.78, 5) is 11.5. The van der Waals surface area contributed by atoms with Crippen LogP contribution in [-0.4, -0.2) is 19.5 Å². The number of sulfonamides is 1. The van der Waals surface area contributed by atoms with E-state index in [0.29, 0.717) is 0 Å². The van der Waals surface area contributed by atoms with Crippen LogP contribution in [-0.2, 0) is 16.6 Å². The van der Waals surface area contributed by atoms with E-state index >= 15 is 0 Å². The van der Waals surface area contributed by atoms with Crippen molar-refractivity contribution in [2.45, 2.75) is 25.3 Å². The smallest absolute Gasteiger partial charge is 0.371 e. The lowest BCUT2D eigenvalue weighted by atomic mass is 10.3. The molecule has 2 aromatic rings. The maximum absolute atomic E-state index is 12.1. The van der Waals surface area contributed by atoms with Gasteiger partial charge in [0, 0.05) is 17.5 Å². The fourth-order valence-electron chi connectivity index (χ4n) is 1.66. The summed E-state index contributed by atoms with van der Waals surface area (Å²) in [5.41, 5.74) is 1.01. The zero-order chi connectivity index (χ0) is 14.9. The van der Waals surface area contributed by atoms with Crippen LogP contribution in [0.2, 0.25) is 0 Å². The van der Waals surface area contributed by atoms with Gasteiger partial charge in [0.05, 0.1) is 0 Å². The quantitative estimate of drug-likeness (QED) is 0.881. The van der Waals surface area contributed by atoms with E-state index in [1.54, 1.807) is 0 Å². The van der Waals surface area contributed by atoms with Crippen molar-refractivity contribution in [2.24, 2.45) is 0 Å². The molecule has 0 spiro atoms. The summed E-state index contributed by atoms with van der Waals surface area (Å²) >= 11 is 1.46. The number of nitrogens with one attached hydrogen (secondary N) is 1. The number of thiophene rings is 1. The Morgan fingerprint density at radius 2 is 2.15 bits per heavy atom. The molecule has 0 unspecified atom stereocenters. The highest BCUT2D eigenvalue weighted by Gasteiger charge is 2.23. The molecule has 0 saturated carbocycles. The van der Waals surface area contributed by atoms with Crippen LogP contribution in [0, 0.1) is 13.8 Å². The summed E-state index contributed by atoms with van der Waals surface area (Å²) in [5, 5.41) is 10.7. The zero-order valence-electron chi connectivity index (χ0n) is 10.8. The monoisotopic (exact) mass is 315 g/mol. The number of hydrogen-bond acceptors (Lipinski definition) is 5. The summed E-state index contributed by atoms with van der Waals surface area (Å²) in [6.45, 7) is 3.47. The SMILES string of the molecule is Cc1ccsc1CNS(=O)(=O)c1cc(C(=O)O)oc1C. The Morgan fingerprint density at radius 1 is 1.45 bits per heavy atom. The van der Waals surface area contributed by atoms with E-state index in [9.17, 15) is 13.2 Å². The van der Waals surface area contributed by atoms with E-state index < -0.39 is 21.8 Å². The van der Waals surface area contributed by atoms with Gasteiger partial charge in [-0.15, -0.1) is 11.3 Å². The first-order chi connectivity index (χ1) is 9.31. The molecule has 8 heteroatoms. The number of carboxylic acids is 1. The predicted molar refractivity (Wildman–Crippen MR) is 73.5 cm³/mol. The number of carboxylic acid groups (broad SMARTS) is 1. The topological polar surface area (TPSA) is 96.6 Å². The van der Waals surface area contributed by atoms with Gasteiger partial charge < -0.3 is 9.52 Å². The average molecular weight is 315 g/mol. The molecule has 2 heterocycles. The molecule has 0 aliphatic carbocycles. The van der Waals surface area contributed by atoms with Gasteiger partial charge in [0.25, 0.3) is 0 Å². The van der Waals surface area contributed by atoms with Gasteiger partial charge >= 0.3 is 5.97 Å². The molecule has 6 nitrogen and oxygen atoms in total. The fourth-order valence-corrected chi connectivity index (χ4v) is 3.77. The fraction of sp³-hybridized carbons (Fsp3) is 0.250. The van der Waals surface area contributed by atoms with Crippen molar-refractivity contribution >= 4 is 27.3 Å². The molecule has 0 fully saturated rings. The van der Waals surface area contributed by atoms with Crippen molar-refractivity contribution < 1.29 is 22.7 Å². The first-order valence-corrected chi connectivity index (χ1v) is 8.04. The van der Waals surface area contributed by atoms with Crippen LogP contribution in [0.5, 0.6) is 0 Å². The number of furan rings is 1. The molecule has 0 bridgehead atoms. The van der Waals surface area contributed by atoms with Crippen molar-refractivity contribution in [3.8, 4) is 0 Å². The number of hydrogen-bond donors (Lipinski definition) is 2. The standard InChI is InChI=1S/C12H13NO5S2/c1-7-3-4-19-10(7)6-13-20(16,17)11-5-9(12(14)15)18-8(11)2/h3-5,13H,6H2,1-2H3,(H,14,15). The van der Waals surface area contributed by atoms with E-state index in [-0.39, 0.29) is 17.2 Å². The van der Waals surface area contributed by atoms with Gasteiger partial charge in [-0.1, -0.05) is 0 Å². The molecule has 108 valence electrons. The summed E-state index contributed by atoms with van der Waals surface area (Å²) < 4.78 is 31.6. The second-order valence-electron chi connectivity index (χ2n) is 4.19. The molecule has 0 atom stereocenters. The molecule has 0 saturated heterocycles. The lowest BCUT2D eigenvalue weighted by molar-refractivity contribution is 0.0661. The maximum Gasteiger partial charge on any atom is 0.371 e. The van der Waals surface area contributed by atoms with Crippen molar-refractivity contribution in [3.63, 3.8) is 0 Å². The van der Waals surface area contributed by atoms with Crippen LogP contribution in [0.4, 0.5) is 0 Å². The molecule has 2 aromatic heterocycles. The third-order valence-corrected chi connectivity index (χ3v) is 5.30. The summed E-state index contributed by atoms with van der Waals surface area (Å²) in [5.74, 6) is -1.64. The molecule has 2 rings (SSSR count). The first kappa shape index (κ1) is 14.8. The second-order valence-corrected chi connectivity index (χ2v) is 6.92. The Kier molecular flexibility index (Phi) is 3.98. The molecule has 0 aliphatic heterocycles. The largest absolute Gasteiger partial charge is 0.475 e. The summed E-state index contributed by atoms with van der Waals surface area (Å²) in [7, 11) is -3.80. The van der Waals surface area contributed by atoms with Gasteiger partial charge in [-0.2, -0.15) is 0 Å². The summed E-state index contributed by atoms with van der Waals surface area (Å²) in [6, 6.07) is 2.92. The zero-order valence-corrected chi connectivity index (χ0v) is 12.5. The van der Waals surface area contributed by atoms with Crippen molar-refractivity contribution in [3.05, 3.63) is 39.5 Å². The van der Waals surface area contributed by atoms with Gasteiger partial charge in [-0.3, -0.25) is 0 Å². The van der Waals surface area contributed by atoms with Crippen LogP contribution >= 0.6 is 11.3 Å². The molecule has 0 aromatic carbocycles. The molecular weight excluding hydrogens is 302 g/mol. The molecule has 0 amide bonds. The molecular formula is C12H13NO5S2. The normalized spacial score (nSPS) is 11.7. The molecule has 20 heavy (non-hydrogen) atoms. The van der Waals surface area contributed by atoms with Crippen LogP contribution < -0.4 is 4.72 Å². The van der Waals surface area contributed by atoms with Crippen LogP contribution in [0.3, 0.4) is 0 Å².